The summed E-state index contributed by atoms with van der Waals surface area (Å²) in [7, 11) is 3.24. The van der Waals surface area contributed by atoms with Gasteiger partial charge in [0.25, 0.3) is 0 Å². The van der Waals surface area contributed by atoms with Crippen molar-refractivity contribution in [1.82, 2.24) is 0 Å². The van der Waals surface area contributed by atoms with Gasteiger partial charge in [-0.25, -0.2) is 0 Å². The SMILES string of the molecule is CC=C(C)COc1cc(OC)cc(OC)c1. The molecule has 3 nitrogen and oxygen atoms in total. The van der Waals surface area contributed by atoms with E-state index in [1.54, 1.807) is 14.2 Å². The molecule has 0 aliphatic carbocycles. The summed E-state index contributed by atoms with van der Waals surface area (Å²) in [4.78, 5) is 0. The highest BCUT2D eigenvalue weighted by Gasteiger charge is 2.02. The van der Waals surface area contributed by atoms with Crippen molar-refractivity contribution in [2.45, 2.75) is 13.8 Å². The molecule has 0 aromatic heterocycles. The van der Waals surface area contributed by atoms with Gasteiger partial charge in [0.2, 0.25) is 0 Å². The average molecular weight is 222 g/mol. The number of methoxy groups -OCH3 is 2. The zero-order chi connectivity index (χ0) is 12.0. The van der Waals surface area contributed by atoms with Crippen LogP contribution in [-0.4, -0.2) is 20.8 Å². The Labute approximate surface area is 96.6 Å². The van der Waals surface area contributed by atoms with E-state index in [0.29, 0.717) is 6.61 Å². The molecule has 0 saturated heterocycles. The fourth-order valence-corrected chi connectivity index (χ4v) is 1.15. The van der Waals surface area contributed by atoms with E-state index in [0.717, 1.165) is 17.2 Å². The first-order valence-electron chi connectivity index (χ1n) is 5.17. The van der Waals surface area contributed by atoms with Crippen LogP contribution in [0.2, 0.25) is 0 Å². The topological polar surface area (TPSA) is 27.7 Å². The van der Waals surface area contributed by atoms with Gasteiger partial charge in [-0.05, 0) is 19.4 Å². The summed E-state index contributed by atoms with van der Waals surface area (Å²) in [6.45, 7) is 4.59. The van der Waals surface area contributed by atoms with Crippen LogP contribution < -0.4 is 14.2 Å². The number of hydrogen-bond donors (Lipinski definition) is 0. The minimum Gasteiger partial charge on any atom is -0.496 e. The molecule has 0 amide bonds. The van der Waals surface area contributed by atoms with Crippen molar-refractivity contribution in [3.63, 3.8) is 0 Å². The molecule has 1 rings (SSSR count). The molecule has 0 spiro atoms. The quantitative estimate of drug-likeness (QED) is 0.717. The first kappa shape index (κ1) is 12.4. The van der Waals surface area contributed by atoms with E-state index >= 15 is 0 Å². The van der Waals surface area contributed by atoms with Crippen molar-refractivity contribution in [3.8, 4) is 17.2 Å². The van der Waals surface area contributed by atoms with Gasteiger partial charge in [0.1, 0.15) is 23.9 Å². The maximum Gasteiger partial charge on any atom is 0.127 e. The molecule has 1 aromatic carbocycles. The summed E-state index contributed by atoms with van der Waals surface area (Å²) in [5.41, 5.74) is 1.18. The van der Waals surface area contributed by atoms with Crippen molar-refractivity contribution in [1.29, 1.82) is 0 Å². The minimum absolute atomic E-state index is 0.576. The maximum atomic E-state index is 5.62. The number of allylic oxidation sites excluding steroid dienone is 1. The van der Waals surface area contributed by atoms with Gasteiger partial charge in [0, 0.05) is 18.2 Å². The van der Waals surface area contributed by atoms with E-state index in [2.05, 4.69) is 0 Å². The van der Waals surface area contributed by atoms with E-state index in [-0.39, 0.29) is 0 Å². The van der Waals surface area contributed by atoms with Gasteiger partial charge < -0.3 is 14.2 Å². The van der Waals surface area contributed by atoms with Crippen LogP contribution in [0.1, 0.15) is 13.8 Å². The lowest BCUT2D eigenvalue weighted by Gasteiger charge is -2.10. The van der Waals surface area contributed by atoms with E-state index in [1.165, 1.54) is 5.57 Å². The molecular formula is C13H18O3. The number of hydrogen-bond acceptors (Lipinski definition) is 3. The molecule has 0 bridgehead atoms. The van der Waals surface area contributed by atoms with Crippen LogP contribution in [0.15, 0.2) is 29.8 Å². The zero-order valence-corrected chi connectivity index (χ0v) is 10.2. The third kappa shape index (κ3) is 3.50. The predicted octanol–water partition coefficient (Wildman–Crippen LogP) is 3.05. The van der Waals surface area contributed by atoms with Gasteiger partial charge in [0.05, 0.1) is 14.2 Å². The van der Waals surface area contributed by atoms with Crippen molar-refractivity contribution in [2.24, 2.45) is 0 Å². The maximum absolute atomic E-state index is 5.62. The van der Waals surface area contributed by atoms with E-state index in [9.17, 15) is 0 Å². The van der Waals surface area contributed by atoms with Crippen LogP contribution >= 0.6 is 0 Å². The van der Waals surface area contributed by atoms with Gasteiger partial charge in [0.15, 0.2) is 0 Å². The van der Waals surface area contributed by atoms with Gasteiger partial charge in [-0.1, -0.05) is 6.08 Å². The molecular weight excluding hydrogens is 204 g/mol. The Morgan fingerprint density at radius 1 is 1.06 bits per heavy atom. The molecule has 0 heterocycles. The molecule has 0 unspecified atom stereocenters. The van der Waals surface area contributed by atoms with Gasteiger partial charge in [-0.15, -0.1) is 0 Å². The Morgan fingerprint density at radius 2 is 1.56 bits per heavy atom. The van der Waals surface area contributed by atoms with Crippen LogP contribution in [-0.2, 0) is 0 Å². The monoisotopic (exact) mass is 222 g/mol. The van der Waals surface area contributed by atoms with Crippen LogP contribution in [0, 0.1) is 0 Å². The molecule has 0 N–H and O–H groups in total. The standard InChI is InChI=1S/C13H18O3/c1-5-10(2)9-16-13-7-11(14-3)6-12(8-13)15-4/h5-8H,9H2,1-4H3. The third-order valence-corrected chi connectivity index (χ3v) is 2.28. The van der Waals surface area contributed by atoms with Crippen LogP contribution in [0.3, 0.4) is 0 Å². The molecule has 3 heteroatoms. The Kier molecular flexibility index (Phi) is 4.70. The third-order valence-electron chi connectivity index (χ3n) is 2.28. The molecule has 0 atom stereocenters. The summed E-state index contributed by atoms with van der Waals surface area (Å²) in [6, 6.07) is 5.49. The van der Waals surface area contributed by atoms with Crippen molar-refractivity contribution >= 4 is 0 Å². The second-order valence-corrected chi connectivity index (χ2v) is 3.47. The summed E-state index contributed by atoms with van der Waals surface area (Å²) in [5, 5.41) is 0. The normalized spacial score (nSPS) is 11.1. The fraction of sp³-hybridized carbons (Fsp3) is 0.385. The van der Waals surface area contributed by atoms with E-state index in [4.69, 9.17) is 14.2 Å². The lowest BCUT2D eigenvalue weighted by Crippen LogP contribution is -1.99. The van der Waals surface area contributed by atoms with Gasteiger partial charge in [-0.3, -0.25) is 0 Å². The van der Waals surface area contributed by atoms with E-state index < -0.39 is 0 Å². The summed E-state index contributed by atoms with van der Waals surface area (Å²) >= 11 is 0. The smallest absolute Gasteiger partial charge is 0.127 e. The lowest BCUT2D eigenvalue weighted by molar-refractivity contribution is 0.340. The second kappa shape index (κ2) is 6.05. The summed E-state index contributed by atoms with van der Waals surface area (Å²) in [5.74, 6) is 2.21. The second-order valence-electron chi connectivity index (χ2n) is 3.47. The lowest BCUT2D eigenvalue weighted by atomic mass is 10.3. The zero-order valence-electron chi connectivity index (χ0n) is 10.2. The van der Waals surface area contributed by atoms with Crippen LogP contribution in [0.25, 0.3) is 0 Å². The highest BCUT2D eigenvalue weighted by molar-refractivity contribution is 5.42. The molecule has 0 saturated carbocycles. The molecule has 0 aliphatic heterocycles. The molecule has 1 aromatic rings. The predicted molar refractivity (Wildman–Crippen MR) is 64.5 cm³/mol. The molecule has 0 aliphatic rings. The van der Waals surface area contributed by atoms with Gasteiger partial charge >= 0.3 is 0 Å². The van der Waals surface area contributed by atoms with Crippen molar-refractivity contribution in [3.05, 3.63) is 29.8 Å². The Hall–Kier alpha value is -1.64. The molecule has 16 heavy (non-hydrogen) atoms. The van der Waals surface area contributed by atoms with Crippen LogP contribution in [0.5, 0.6) is 17.2 Å². The van der Waals surface area contributed by atoms with Crippen molar-refractivity contribution < 1.29 is 14.2 Å². The van der Waals surface area contributed by atoms with Gasteiger partial charge in [-0.2, -0.15) is 0 Å². The van der Waals surface area contributed by atoms with Crippen LogP contribution in [0.4, 0.5) is 0 Å². The first-order valence-corrected chi connectivity index (χ1v) is 5.17. The summed E-state index contributed by atoms with van der Waals surface area (Å²) in [6.07, 6.45) is 2.03. The van der Waals surface area contributed by atoms with Crippen molar-refractivity contribution in [2.75, 3.05) is 20.8 Å². The molecule has 0 fully saturated rings. The highest BCUT2D eigenvalue weighted by Crippen LogP contribution is 2.27. The summed E-state index contributed by atoms with van der Waals surface area (Å²) < 4.78 is 15.9. The Balaban J connectivity index is 2.78. The first-order chi connectivity index (χ1) is 7.69. The van der Waals surface area contributed by atoms with E-state index in [1.807, 2.05) is 38.1 Å². The largest absolute Gasteiger partial charge is 0.496 e. The highest BCUT2D eigenvalue weighted by atomic mass is 16.5. The Morgan fingerprint density at radius 3 is 2.00 bits per heavy atom. The molecule has 0 radical (unpaired) electrons. The Bertz CT molecular complexity index is 347. The minimum atomic E-state index is 0.576. The number of ether oxygens (including phenoxy) is 3. The average Bonchev–Trinajstić information content (AvgIpc) is 2.35. The fourth-order valence-electron chi connectivity index (χ4n) is 1.15. The number of benzene rings is 1. The number of rotatable bonds is 5. The molecule has 88 valence electrons.